The van der Waals surface area contributed by atoms with Crippen molar-refractivity contribution in [3.8, 4) is 11.1 Å². The van der Waals surface area contributed by atoms with Crippen LogP contribution in [0.5, 0.6) is 0 Å². The molecule has 0 radical (unpaired) electrons. The molecule has 2 aliphatic carbocycles. The lowest BCUT2D eigenvalue weighted by Crippen LogP contribution is -2.30. The molecule has 1 spiro atoms. The van der Waals surface area contributed by atoms with Gasteiger partial charge in [-0.25, -0.2) is 0 Å². The highest BCUT2D eigenvalue weighted by molar-refractivity contribution is 5.96. The molecule has 5 aromatic carbocycles. The van der Waals surface area contributed by atoms with Crippen LogP contribution >= 0.6 is 0 Å². The third-order valence-corrected chi connectivity index (χ3v) is 8.40. The molecule has 2 atom stereocenters. The fraction of sp³-hybridized carbons (Fsp3) is 0.158. The molecule has 0 fully saturated rings. The number of benzene rings is 5. The van der Waals surface area contributed by atoms with Crippen LogP contribution in [0, 0.1) is 5.92 Å². The Labute approximate surface area is 232 Å². The van der Waals surface area contributed by atoms with E-state index in [9.17, 15) is 0 Å². The lowest BCUT2D eigenvalue weighted by atomic mass is 9.68. The minimum atomic E-state index is -0.216. The number of nitrogens with one attached hydrogen (secondary N) is 1. The molecular weight excluding hydrogens is 470 g/mol. The monoisotopic (exact) mass is 505 g/mol. The highest BCUT2D eigenvalue weighted by Gasteiger charge is 2.54. The average Bonchev–Trinajstić information content (AvgIpc) is 3.43. The zero-order valence-corrected chi connectivity index (χ0v) is 23.2. The molecule has 2 aliphatic rings. The molecule has 192 valence electrons. The molecule has 1 nitrogen and oxygen atoms in total. The molecule has 0 heterocycles. The van der Waals surface area contributed by atoms with Gasteiger partial charge in [0, 0.05) is 16.8 Å². The van der Waals surface area contributed by atoms with Crippen molar-refractivity contribution in [3.63, 3.8) is 0 Å². The van der Waals surface area contributed by atoms with Crippen LogP contribution in [0.4, 0.5) is 11.4 Å². The first-order valence-electron chi connectivity index (χ1n) is 14.2. The highest BCUT2D eigenvalue weighted by Crippen LogP contribution is 2.63. The van der Waals surface area contributed by atoms with Gasteiger partial charge in [0.1, 0.15) is 0 Å². The van der Waals surface area contributed by atoms with Crippen molar-refractivity contribution in [3.05, 3.63) is 150 Å². The van der Waals surface area contributed by atoms with Crippen LogP contribution in [0.2, 0.25) is 0 Å². The first-order valence-corrected chi connectivity index (χ1v) is 14.2. The standard InChI is InChI=1S/C36H29N.C2H6/c1-3-4-14-27-24(2)36(32-18-9-7-16-29(27)32)33-19-10-8-17-30(33)31-22-21-26(23-34(31)36)37-35-20-11-13-25-12-5-6-15-28(25)35;1-2/h3-24,37H,1-2H3;1-2H3/b4-3-,27-14+;. The molecule has 0 saturated heterocycles. The SMILES string of the molecule is C/C=C\C=C1\c2ccccc2C2(c3ccccc3-c3ccc(Nc4cccc5ccccc45)cc32)C1C.CC. The van der Waals surface area contributed by atoms with Crippen LogP contribution in [-0.4, -0.2) is 0 Å². The number of fused-ring (bicyclic) bond motifs is 8. The van der Waals surface area contributed by atoms with Crippen molar-refractivity contribution < 1.29 is 0 Å². The summed E-state index contributed by atoms with van der Waals surface area (Å²) in [7, 11) is 0. The predicted molar refractivity (Wildman–Crippen MR) is 169 cm³/mol. The van der Waals surface area contributed by atoms with Crippen LogP contribution in [0.1, 0.15) is 49.9 Å². The Morgan fingerprint density at radius 3 is 2.10 bits per heavy atom. The van der Waals surface area contributed by atoms with E-state index in [0.717, 1.165) is 11.4 Å². The Morgan fingerprint density at radius 1 is 0.667 bits per heavy atom. The summed E-state index contributed by atoms with van der Waals surface area (Å²) in [5.74, 6) is 0.302. The number of hydrogen-bond donors (Lipinski definition) is 1. The lowest BCUT2D eigenvalue weighted by Gasteiger charge is -2.34. The zero-order valence-electron chi connectivity index (χ0n) is 23.2. The Morgan fingerprint density at radius 2 is 1.31 bits per heavy atom. The van der Waals surface area contributed by atoms with Crippen molar-refractivity contribution in [2.45, 2.75) is 33.1 Å². The molecule has 0 amide bonds. The van der Waals surface area contributed by atoms with Gasteiger partial charge in [0.15, 0.2) is 0 Å². The van der Waals surface area contributed by atoms with Gasteiger partial charge in [-0.05, 0) is 75.4 Å². The van der Waals surface area contributed by atoms with Gasteiger partial charge in [0.2, 0.25) is 0 Å². The summed E-state index contributed by atoms with van der Waals surface area (Å²) < 4.78 is 0. The fourth-order valence-electron chi connectivity index (χ4n) is 6.85. The van der Waals surface area contributed by atoms with Crippen LogP contribution in [0.15, 0.2) is 127 Å². The molecule has 1 N–H and O–H groups in total. The summed E-state index contributed by atoms with van der Waals surface area (Å²) in [5.41, 5.74) is 11.7. The van der Waals surface area contributed by atoms with Gasteiger partial charge in [0.05, 0.1) is 5.41 Å². The second-order valence-corrected chi connectivity index (χ2v) is 10.2. The summed E-state index contributed by atoms with van der Waals surface area (Å²) >= 11 is 0. The maximum absolute atomic E-state index is 3.77. The molecule has 0 aliphatic heterocycles. The molecular formula is C38H35N. The fourth-order valence-corrected chi connectivity index (χ4v) is 6.85. The number of allylic oxidation sites excluding steroid dienone is 4. The first kappa shape index (κ1) is 24.9. The van der Waals surface area contributed by atoms with Crippen LogP contribution in [-0.2, 0) is 5.41 Å². The topological polar surface area (TPSA) is 12.0 Å². The first-order chi connectivity index (χ1) is 19.2. The minimum Gasteiger partial charge on any atom is -0.355 e. The third kappa shape index (κ3) is 3.68. The van der Waals surface area contributed by atoms with Crippen LogP contribution < -0.4 is 5.32 Å². The van der Waals surface area contributed by atoms with Crippen molar-refractivity contribution in [1.29, 1.82) is 0 Å². The Hall–Kier alpha value is -4.36. The molecule has 0 saturated carbocycles. The summed E-state index contributed by atoms with van der Waals surface area (Å²) in [6.07, 6.45) is 6.62. The van der Waals surface area contributed by atoms with Crippen molar-refractivity contribution >= 4 is 27.7 Å². The van der Waals surface area contributed by atoms with Crippen molar-refractivity contribution in [2.24, 2.45) is 5.92 Å². The Bertz CT molecular complexity index is 1730. The van der Waals surface area contributed by atoms with Crippen LogP contribution in [0.25, 0.3) is 27.5 Å². The molecule has 39 heavy (non-hydrogen) atoms. The van der Waals surface area contributed by atoms with E-state index < -0.39 is 0 Å². The summed E-state index contributed by atoms with van der Waals surface area (Å²) in [6, 6.07) is 40.0. The maximum atomic E-state index is 3.77. The van der Waals surface area contributed by atoms with Crippen molar-refractivity contribution in [1.82, 2.24) is 0 Å². The smallest absolute Gasteiger partial charge is 0.0536 e. The largest absolute Gasteiger partial charge is 0.355 e. The lowest BCUT2D eigenvalue weighted by molar-refractivity contribution is 0.531. The normalized spacial score (nSPS) is 19.6. The molecule has 2 unspecified atom stereocenters. The van der Waals surface area contributed by atoms with Gasteiger partial charge >= 0.3 is 0 Å². The van der Waals surface area contributed by atoms with Gasteiger partial charge < -0.3 is 5.32 Å². The second-order valence-electron chi connectivity index (χ2n) is 10.2. The molecule has 0 aromatic heterocycles. The molecule has 1 heteroatoms. The predicted octanol–water partition coefficient (Wildman–Crippen LogP) is 10.5. The van der Waals surface area contributed by atoms with E-state index in [1.807, 2.05) is 13.8 Å². The molecule has 0 bridgehead atoms. The molecule has 7 rings (SSSR count). The number of hydrogen-bond acceptors (Lipinski definition) is 1. The second kappa shape index (κ2) is 10.1. The van der Waals surface area contributed by atoms with Gasteiger partial charge in [-0.2, -0.15) is 0 Å². The van der Waals surface area contributed by atoms with E-state index >= 15 is 0 Å². The minimum absolute atomic E-state index is 0.216. The highest BCUT2D eigenvalue weighted by atomic mass is 14.9. The van der Waals surface area contributed by atoms with Gasteiger partial charge in [-0.1, -0.05) is 130 Å². The summed E-state index contributed by atoms with van der Waals surface area (Å²) in [4.78, 5) is 0. The zero-order chi connectivity index (χ0) is 27.0. The van der Waals surface area contributed by atoms with Crippen molar-refractivity contribution in [2.75, 3.05) is 5.32 Å². The van der Waals surface area contributed by atoms with E-state index in [0.29, 0.717) is 5.92 Å². The van der Waals surface area contributed by atoms with Gasteiger partial charge in [-0.3, -0.25) is 0 Å². The summed E-state index contributed by atoms with van der Waals surface area (Å²) in [5, 5.41) is 6.25. The quantitative estimate of drug-likeness (QED) is 0.257. The third-order valence-electron chi connectivity index (χ3n) is 8.40. The number of rotatable bonds is 3. The Kier molecular flexibility index (Phi) is 6.45. The Balaban J connectivity index is 0.00000135. The maximum Gasteiger partial charge on any atom is 0.0536 e. The molecule has 5 aromatic rings. The van der Waals surface area contributed by atoms with E-state index in [-0.39, 0.29) is 5.41 Å². The van der Waals surface area contributed by atoms with E-state index in [1.54, 1.807) is 0 Å². The average molecular weight is 506 g/mol. The van der Waals surface area contributed by atoms with E-state index in [1.165, 1.54) is 49.7 Å². The van der Waals surface area contributed by atoms with E-state index in [2.05, 4.69) is 147 Å². The summed E-state index contributed by atoms with van der Waals surface area (Å²) in [6.45, 7) is 8.50. The van der Waals surface area contributed by atoms with E-state index in [4.69, 9.17) is 0 Å². The van der Waals surface area contributed by atoms with Gasteiger partial charge in [0.25, 0.3) is 0 Å². The number of anilines is 2. The van der Waals surface area contributed by atoms with Gasteiger partial charge in [-0.15, -0.1) is 0 Å². The van der Waals surface area contributed by atoms with Crippen LogP contribution in [0.3, 0.4) is 0 Å².